The van der Waals surface area contributed by atoms with Crippen LogP contribution in [0.4, 0.5) is 5.69 Å². The second-order valence-corrected chi connectivity index (χ2v) is 6.83. The molecule has 28 heavy (non-hydrogen) atoms. The predicted octanol–water partition coefficient (Wildman–Crippen LogP) is 2.35. The van der Waals surface area contributed by atoms with Gasteiger partial charge in [-0.1, -0.05) is 42.0 Å². The maximum atomic E-state index is 12.7. The monoisotopic (exact) mass is 383 g/mol. The number of amides is 1. The Morgan fingerprint density at radius 2 is 1.46 bits per heavy atom. The number of hydrogen-bond donors (Lipinski definition) is 2. The highest BCUT2D eigenvalue weighted by atomic mass is 16.6. The van der Waals surface area contributed by atoms with Gasteiger partial charge in [-0.3, -0.25) is 19.7 Å². The van der Waals surface area contributed by atoms with E-state index in [1.807, 2.05) is 31.2 Å². The minimum Gasteiger partial charge on any atom is -0.345 e. The van der Waals surface area contributed by atoms with Gasteiger partial charge in [0, 0.05) is 12.1 Å². The highest BCUT2D eigenvalue weighted by molar-refractivity contribution is 5.90. The summed E-state index contributed by atoms with van der Waals surface area (Å²) in [5.41, 5.74) is 2.90. The minimum atomic E-state index is -0.608. The number of ketones is 1. The fraction of sp³-hybridized carbons (Fsp3) is 0.333. The summed E-state index contributed by atoms with van der Waals surface area (Å²) in [5.74, 6) is -0.396. The Kier molecular flexibility index (Phi) is 7.40. The Labute approximate surface area is 164 Å². The Balaban J connectivity index is 2.04. The van der Waals surface area contributed by atoms with E-state index >= 15 is 0 Å². The number of Topliss-reactive ketones (excluding diaryl/α,β-unsaturated/α-hetero) is 1. The van der Waals surface area contributed by atoms with Gasteiger partial charge < -0.3 is 10.6 Å². The van der Waals surface area contributed by atoms with Crippen LogP contribution in [0, 0.1) is 17.0 Å². The third-order valence-electron chi connectivity index (χ3n) is 4.62. The lowest BCUT2D eigenvalue weighted by molar-refractivity contribution is -0.384. The van der Waals surface area contributed by atoms with Crippen LogP contribution in [0.5, 0.6) is 0 Å². The van der Waals surface area contributed by atoms with Crippen molar-refractivity contribution in [2.45, 2.75) is 38.8 Å². The van der Waals surface area contributed by atoms with Crippen molar-refractivity contribution in [2.24, 2.45) is 0 Å². The average Bonchev–Trinajstić information content (AvgIpc) is 2.67. The van der Waals surface area contributed by atoms with Gasteiger partial charge in [0.15, 0.2) is 5.78 Å². The Morgan fingerprint density at radius 3 is 1.93 bits per heavy atom. The van der Waals surface area contributed by atoms with Gasteiger partial charge in [-0.2, -0.15) is 0 Å². The Hall–Kier alpha value is -3.06. The maximum absolute atomic E-state index is 12.7. The van der Waals surface area contributed by atoms with Crippen molar-refractivity contribution < 1.29 is 14.5 Å². The molecule has 2 aromatic rings. The molecule has 2 aromatic carbocycles. The molecule has 7 heteroatoms. The zero-order valence-electron chi connectivity index (χ0n) is 16.3. The molecule has 2 atom stereocenters. The van der Waals surface area contributed by atoms with Crippen LogP contribution in [-0.2, 0) is 22.4 Å². The second kappa shape index (κ2) is 9.75. The number of nitro benzene ring substituents is 1. The van der Waals surface area contributed by atoms with Crippen molar-refractivity contribution in [1.82, 2.24) is 10.6 Å². The van der Waals surface area contributed by atoms with E-state index < -0.39 is 17.0 Å². The van der Waals surface area contributed by atoms with E-state index in [9.17, 15) is 19.7 Å². The number of aryl methyl sites for hydroxylation is 1. The summed E-state index contributed by atoms with van der Waals surface area (Å²) in [5, 5.41) is 16.5. The molecule has 1 amide bonds. The van der Waals surface area contributed by atoms with Gasteiger partial charge in [-0.25, -0.2) is 0 Å². The molecule has 148 valence electrons. The predicted molar refractivity (Wildman–Crippen MR) is 107 cm³/mol. The van der Waals surface area contributed by atoms with Gasteiger partial charge in [-0.15, -0.1) is 0 Å². The molecule has 0 fully saturated rings. The average molecular weight is 383 g/mol. The lowest BCUT2D eigenvalue weighted by Crippen LogP contribution is -2.50. The van der Waals surface area contributed by atoms with E-state index in [2.05, 4.69) is 10.6 Å². The summed E-state index contributed by atoms with van der Waals surface area (Å²) >= 11 is 0. The number of carbonyl (C=O) groups excluding carboxylic acids is 2. The number of nitrogens with one attached hydrogen (secondary N) is 2. The van der Waals surface area contributed by atoms with Gasteiger partial charge >= 0.3 is 0 Å². The Morgan fingerprint density at radius 1 is 0.964 bits per heavy atom. The summed E-state index contributed by atoms with van der Waals surface area (Å²) < 4.78 is 0. The molecule has 0 bridgehead atoms. The number of carbonyl (C=O) groups is 2. The smallest absolute Gasteiger partial charge is 0.269 e. The molecule has 0 aliphatic heterocycles. The van der Waals surface area contributed by atoms with E-state index in [1.165, 1.54) is 19.1 Å². The first kappa shape index (κ1) is 21.2. The van der Waals surface area contributed by atoms with Crippen molar-refractivity contribution in [3.63, 3.8) is 0 Å². The first-order valence-corrected chi connectivity index (χ1v) is 9.07. The van der Waals surface area contributed by atoms with Gasteiger partial charge in [0.05, 0.1) is 17.0 Å². The molecule has 0 aromatic heterocycles. The van der Waals surface area contributed by atoms with Gasteiger partial charge in [0.25, 0.3) is 5.69 Å². The fourth-order valence-electron chi connectivity index (χ4n) is 2.84. The lowest BCUT2D eigenvalue weighted by atomic mass is 10.0. The van der Waals surface area contributed by atoms with Crippen molar-refractivity contribution >= 4 is 17.4 Å². The molecular weight excluding hydrogens is 358 g/mol. The third-order valence-corrected chi connectivity index (χ3v) is 4.62. The summed E-state index contributed by atoms with van der Waals surface area (Å²) in [6, 6.07) is 12.8. The van der Waals surface area contributed by atoms with E-state index in [1.54, 1.807) is 19.2 Å². The molecule has 7 nitrogen and oxygen atoms in total. The first-order chi connectivity index (χ1) is 13.3. The Bertz CT molecular complexity index is 832. The fourth-order valence-corrected chi connectivity index (χ4v) is 2.84. The molecule has 2 rings (SSSR count). The van der Waals surface area contributed by atoms with Crippen LogP contribution in [0.2, 0.25) is 0 Å². The minimum absolute atomic E-state index is 0.00366. The van der Waals surface area contributed by atoms with Crippen LogP contribution in [0.1, 0.15) is 23.6 Å². The highest BCUT2D eigenvalue weighted by Crippen LogP contribution is 2.13. The SMILES string of the molecule is CN[C@@H](Cc1ccc([N+](=O)[O-])cc1)C(=O)N[C@H](Cc1ccc(C)cc1)C(C)=O. The molecule has 0 saturated heterocycles. The zero-order valence-corrected chi connectivity index (χ0v) is 16.3. The summed E-state index contributed by atoms with van der Waals surface area (Å²) in [4.78, 5) is 35.0. The van der Waals surface area contributed by atoms with Crippen LogP contribution in [-0.4, -0.2) is 35.7 Å². The third kappa shape index (κ3) is 5.99. The van der Waals surface area contributed by atoms with E-state index in [4.69, 9.17) is 0 Å². The van der Waals surface area contributed by atoms with Crippen LogP contribution in [0.25, 0.3) is 0 Å². The number of likely N-dealkylation sites (N-methyl/N-ethyl adjacent to an activating group) is 1. The molecule has 0 aliphatic rings. The first-order valence-electron chi connectivity index (χ1n) is 9.07. The van der Waals surface area contributed by atoms with Crippen molar-refractivity contribution in [3.8, 4) is 0 Å². The second-order valence-electron chi connectivity index (χ2n) is 6.83. The van der Waals surface area contributed by atoms with Crippen molar-refractivity contribution in [1.29, 1.82) is 0 Å². The van der Waals surface area contributed by atoms with Crippen LogP contribution in [0.15, 0.2) is 48.5 Å². The van der Waals surface area contributed by atoms with E-state index in [0.29, 0.717) is 12.8 Å². The number of non-ortho nitro benzene ring substituents is 1. The summed E-state index contributed by atoms with van der Waals surface area (Å²) in [6.07, 6.45) is 0.783. The molecular formula is C21H25N3O4. The molecule has 2 N–H and O–H groups in total. The molecule has 0 unspecified atom stereocenters. The van der Waals surface area contributed by atoms with Crippen LogP contribution in [0.3, 0.4) is 0 Å². The topological polar surface area (TPSA) is 101 Å². The van der Waals surface area contributed by atoms with Crippen molar-refractivity contribution in [3.05, 3.63) is 75.3 Å². The number of nitro groups is 1. The number of benzene rings is 2. The van der Waals surface area contributed by atoms with Gasteiger partial charge in [0.1, 0.15) is 0 Å². The standard InChI is InChI=1S/C21H25N3O4/c1-14-4-6-16(7-5-14)12-19(15(2)25)23-21(26)20(22-3)13-17-8-10-18(11-9-17)24(27)28/h4-11,19-20,22H,12-13H2,1-3H3,(H,23,26)/t19-,20+/m1/s1. The van der Waals surface area contributed by atoms with Crippen LogP contribution < -0.4 is 10.6 Å². The largest absolute Gasteiger partial charge is 0.345 e. The number of hydrogen-bond acceptors (Lipinski definition) is 5. The van der Waals surface area contributed by atoms with Crippen molar-refractivity contribution in [2.75, 3.05) is 7.05 Å². The molecule has 0 saturated carbocycles. The number of rotatable bonds is 9. The van der Waals surface area contributed by atoms with Gasteiger partial charge in [0.2, 0.25) is 5.91 Å². The van der Waals surface area contributed by atoms with Gasteiger partial charge in [-0.05, 0) is 44.9 Å². The molecule has 0 spiro atoms. The normalized spacial score (nSPS) is 12.8. The lowest BCUT2D eigenvalue weighted by Gasteiger charge is -2.21. The van der Waals surface area contributed by atoms with Crippen LogP contribution >= 0.6 is 0 Å². The number of nitrogens with zero attached hydrogens (tertiary/aromatic N) is 1. The summed E-state index contributed by atoms with van der Waals surface area (Å²) in [7, 11) is 1.67. The quantitative estimate of drug-likeness (QED) is 0.511. The van der Waals surface area contributed by atoms with E-state index in [0.717, 1.165) is 16.7 Å². The zero-order chi connectivity index (χ0) is 20.7. The summed E-state index contributed by atoms with van der Waals surface area (Å²) in [6.45, 7) is 3.45. The molecule has 0 radical (unpaired) electrons. The molecule has 0 aliphatic carbocycles. The maximum Gasteiger partial charge on any atom is 0.269 e. The highest BCUT2D eigenvalue weighted by Gasteiger charge is 2.23. The molecule has 0 heterocycles. The van der Waals surface area contributed by atoms with E-state index in [-0.39, 0.29) is 17.4 Å².